The molecule has 1 heterocycles. The summed E-state index contributed by atoms with van der Waals surface area (Å²) in [5, 5.41) is 9.30. The molecular weight excluding hydrogens is 282 g/mol. The Bertz CT molecular complexity index is 579. The first-order valence-electron chi connectivity index (χ1n) is 7.38. The number of amides is 1. The van der Waals surface area contributed by atoms with Crippen LogP contribution in [0.5, 0.6) is 5.75 Å². The molecule has 1 fully saturated rings. The Morgan fingerprint density at radius 3 is 2.32 bits per heavy atom. The molecule has 0 bridgehead atoms. The van der Waals surface area contributed by atoms with Crippen molar-refractivity contribution in [2.24, 2.45) is 5.41 Å². The van der Waals surface area contributed by atoms with E-state index in [1.54, 1.807) is 18.9 Å². The fourth-order valence-corrected chi connectivity index (χ4v) is 2.84. The van der Waals surface area contributed by atoms with E-state index in [1.807, 2.05) is 38.1 Å². The van der Waals surface area contributed by atoms with E-state index in [2.05, 4.69) is 0 Å². The largest absolute Gasteiger partial charge is 0.497 e. The number of carboxylic acid groups (broad SMARTS) is 1. The fraction of sp³-hybridized carbons (Fsp3) is 0.529. The Balaban J connectivity index is 2.18. The summed E-state index contributed by atoms with van der Waals surface area (Å²) < 4.78 is 5.14. The Morgan fingerprint density at radius 1 is 1.27 bits per heavy atom. The van der Waals surface area contributed by atoms with Crippen molar-refractivity contribution in [1.82, 2.24) is 4.90 Å². The van der Waals surface area contributed by atoms with E-state index in [4.69, 9.17) is 4.74 Å². The average Bonchev–Trinajstić information content (AvgIpc) is 2.90. The van der Waals surface area contributed by atoms with Crippen LogP contribution < -0.4 is 4.74 Å². The van der Waals surface area contributed by atoms with Gasteiger partial charge in [-0.25, -0.2) is 0 Å². The van der Waals surface area contributed by atoms with Crippen LogP contribution in [0.2, 0.25) is 0 Å². The van der Waals surface area contributed by atoms with E-state index in [9.17, 15) is 14.7 Å². The van der Waals surface area contributed by atoms with Crippen molar-refractivity contribution in [1.29, 1.82) is 0 Å². The highest BCUT2D eigenvalue weighted by atomic mass is 16.5. The maximum Gasteiger partial charge on any atom is 0.311 e. The van der Waals surface area contributed by atoms with Gasteiger partial charge in [0.25, 0.3) is 0 Å². The van der Waals surface area contributed by atoms with Gasteiger partial charge < -0.3 is 14.7 Å². The first-order valence-corrected chi connectivity index (χ1v) is 7.38. The Morgan fingerprint density at radius 2 is 1.86 bits per heavy atom. The quantitative estimate of drug-likeness (QED) is 0.927. The van der Waals surface area contributed by atoms with Crippen LogP contribution >= 0.6 is 0 Å². The summed E-state index contributed by atoms with van der Waals surface area (Å²) in [5.41, 5.74) is -0.649. The molecule has 2 rings (SSSR count). The molecule has 0 radical (unpaired) electrons. The zero-order valence-electron chi connectivity index (χ0n) is 13.5. The number of carboxylic acids is 1. The SMILES string of the molecule is COc1ccc(C(C)(C)C(=O)N2CCC(C)(C(=O)O)C2)cc1. The van der Waals surface area contributed by atoms with Crippen LogP contribution in [0.1, 0.15) is 32.8 Å². The van der Waals surface area contributed by atoms with Crippen molar-refractivity contribution in [3.63, 3.8) is 0 Å². The maximum atomic E-state index is 12.8. The van der Waals surface area contributed by atoms with Gasteiger partial charge >= 0.3 is 5.97 Å². The van der Waals surface area contributed by atoms with Gasteiger partial charge in [0.15, 0.2) is 0 Å². The lowest BCUT2D eigenvalue weighted by Crippen LogP contribution is -2.44. The molecule has 1 N–H and O–H groups in total. The molecule has 1 aromatic rings. The van der Waals surface area contributed by atoms with Crippen LogP contribution in [0.3, 0.4) is 0 Å². The van der Waals surface area contributed by atoms with Gasteiger partial charge in [-0.1, -0.05) is 12.1 Å². The van der Waals surface area contributed by atoms with Gasteiger partial charge in [-0.05, 0) is 44.9 Å². The highest BCUT2D eigenvalue weighted by Crippen LogP contribution is 2.34. The third-order valence-corrected chi connectivity index (χ3v) is 4.62. The van der Waals surface area contributed by atoms with Crippen LogP contribution in [0.4, 0.5) is 0 Å². The molecule has 1 saturated heterocycles. The molecule has 0 aliphatic carbocycles. The number of likely N-dealkylation sites (tertiary alicyclic amines) is 1. The van der Waals surface area contributed by atoms with E-state index < -0.39 is 16.8 Å². The van der Waals surface area contributed by atoms with Gasteiger partial charge in [0, 0.05) is 13.1 Å². The van der Waals surface area contributed by atoms with Gasteiger partial charge in [-0.2, -0.15) is 0 Å². The van der Waals surface area contributed by atoms with E-state index in [-0.39, 0.29) is 12.5 Å². The van der Waals surface area contributed by atoms with E-state index in [1.165, 1.54) is 0 Å². The second-order valence-corrected chi connectivity index (χ2v) is 6.70. The number of nitrogens with zero attached hydrogens (tertiary/aromatic N) is 1. The Labute approximate surface area is 130 Å². The van der Waals surface area contributed by atoms with Gasteiger partial charge in [0.05, 0.1) is 17.9 Å². The summed E-state index contributed by atoms with van der Waals surface area (Å²) >= 11 is 0. The summed E-state index contributed by atoms with van der Waals surface area (Å²) in [6, 6.07) is 7.41. The van der Waals surface area contributed by atoms with Crippen molar-refractivity contribution in [3.8, 4) is 5.75 Å². The molecule has 5 nitrogen and oxygen atoms in total. The van der Waals surface area contributed by atoms with Gasteiger partial charge in [-0.3, -0.25) is 9.59 Å². The van der Waals surface area contributed by atoms with Crippen LogP contribution in [0.15, 0.2) is 24.3 Å². The lowest BCUT2D eigenvalue weighted by Gasteiger charge is -2.30. The predicted octanol–water partition coefficient (Wildman–Crippen LogP) is 2.30. The van der Waals surface area contributed by atoms with Crippen molar-refractivity contribution in [2.75, 3.05) is 20.2 Å². The fourth-order valence-electron chi connectivity index (χ4n) is 2.84. The third-order valence-electron chi connectivity index (χ3n) is 4.62. The summed E-state index contributed by atoms with van der Waals surface area (Å²) in [7, 11) is 1.60. The molecule has 1 aromatic carbocycles. The van der Waals surface area contributed by atoms with E-state index in [0.717, 1.165) is 11.3 Å². The number of benzene rings is 1. The van der Waals surface area contributed by atoms with Crippen molar-refractivity contribution < 1.29 is 19.4 Å². The number of hydrogen-bond acceptors (Lipinski definition) is 3. The molecule has 22 heavy (non-hydrogen) atoms. The van der Waals surface area contributed by atoms with Gasteiger partial charge in [0.2, 0.25) is 5.91 Å². The summed E-state index contributed by atoms with van der Waals surface area (Å²) in [4.78, 5) is 25.8. The van der Waals surface area contributed by atoms with Crippen molar-refractivity contribution in [3.05, 3.63) is 29.8 Å². The molecule has 1 unspecified atom stereocenters. The zero-order valence-corrected chi connectivity index (χ0v) is 13.5. The molecule has 120 valence electrons. The molecular formula is C17H23NO4. The molecule has 1 atom stereocenters. The number of aliphatic carboxylic acids is 1. The minimum atomic E-state index is -0.843. The lowest BCUT2D eigenvalue weighted by molar-refractivity contribution is -0.147. The Hall–Kier alpha value is -2.04. The smallest absolute Gasteiger partial charge is 0.311 e. The molecule has 0 aromatic heterocycles. The lowest BCUT2D eigenvalue weighted by atomic mass is 9.83. The summed E-state index contributed by atoms with van der Waals surface area (Å²) in [6.07, 6.45) is 0.493. The second kappa shape index (κ2) is 5.63. The minimum Gasteiger partial charge on any atom is -0.497 e. The first kappa shape index (κ1) is 16.3. The number of methoxy groups -OCH3 is 1. The van der Waals surface area contributed by atoms with Gasteiger partial charge in [0.1, 0.15) is 5.75 Å². The topological polar surface area (TPSA) is 66.8 Å². The number of rotatable bonds is 4. The van der Waals surface area contributed by atoms with E-state index >= 15 is 0 Å². The molecule has 5 heteroatoms. The zero-order chi connectivity index (χ0) is 16.5. The average molecular weight is 305 g/mol. The second-order valence-electron chi connectivity index (χ2n) is 6.70. The maximum absolute atomic E-state index is 12.8. The van der Waals surface area contributed by atoms with Crippen molar-refractivity contribution in [2.45, 2.75) is 32.6 Å². The number of ether oxygens (including phenoxy) is 1. The van der Waals surface area contributed by atoms with Crippen LogP contribution in [0.25, 0.3) is 0 Å². The van der Waals surface area contributed by atoms with E-state index in [0.29, 0.717) is 13.0 Å². The summed E-state index contributed by atoms with van der Waals surface area (Å²) in [6.45, 7) is 6.19. The highest BCUT2D eigenvalue weighted by Gasteiger charge is 2.45. The molecule has 1 aliphatic heterocycles. The van der Waals surface area contributed by atoms with Crippen molar-refractivity contribution >= 4 is 11.9 Å². The molecule has 1 aliphatic rings. The third kappa shape index (κ3) is 2.80. The summed E-state index contributed by atoms with van der Waals surface area (Å²) in [5.74, 6) is -0.140. The minimum absolute atomic E-state index is 0.0392. The monoisotopic (exact) mass is 305 g/mol. The highest BCUT2D eigenvalue weighted by molar-refractivity contribution is 5.88. The molecule has 0 saturated carbocycles. The van der Waals surface area contributed by atoms with Crippen LogP contribution in [0, 0.1) is 5.41 Å². The Kier molecular flexibility index (Phi) is 4.18. The van der Waals surface area contributed by atoms with Crippen LogP contribution in [-0.2, 0) is 15.0 Å². The normalized spacial score (nSPS) is 21.7. The standard InChI is InChI=1S/C17H23NO4/c1-16(2,12-5-7-13(22-4)8-6-12)14(19)18-10-9-17(3,11-18)15(20)21/h5-8H,9-11H2,1-4H3,(H,20,21). The molecule has 0 spiro atoms. The van der Waals surface area contributed by atoms with Crippen LogP contribution in [-0.4, -0.2) is 42.1 Å². The predicted molar refractivity (Wildman–Crippen MR) is 83.0 cm³/mol. The number of carbonyl (C=O) groups excluding carboxylic acids is 1. The number of carbonyl (C=O) groups is 2. The van der Waals surface area contributed by atoms with Gasteiger partial charge in [-0.15, -0.1) is 0 Å². The number of hydrogen-bond donors (Lipinski definition) is 1. The molecule has 1 amide bonds. The first-order chi connectivity index (χ1) is 10.2.